The molecule has 0 bridgehead atoms. The predicted molar refractivity (Wildman–Crippen MR) is 46.9 cm³/mol. The molecule has 3 nitrogen and oxygen atoms in total. The lowest BCUT2D eigenvalue weighted by Gasteiger charge is -2.14. The van der Waals surface area contributed by atoms with Crippen molar-refractivity contribution in [2.75, 3.05) is 5.75 Å². The number of thioether (sulfide) groups is 1. The Labute approximate surface area is 74.0 Å². The second kappa shape index (κ2) is 3.51. The zero-order chi connectivity index (χ0) is 8.32. The van der Waals surface area contributed by atoms with Gasteiger partial charge in [0.15, 0.2) is 4.34 Å². The average molecular weight is 190 g/mol. The van der Waals surface area contributed by atoms with Crippen LogP contribution in [0.2, 0.25) is 0 Å². The van der Waals surface area contributed by atoms with Gasteiger partial charge in [-0.1, -0.05) is 11.8 Å². The molecule has 11 heavy (non-hydrogen) atoms. The van der Waals surface area contributed by atoms with E-state index in [9.17, 15) is 5.11 Å². The Morgan fingerprint density at radius 1 is 1.73 bits per heavy atom. The van der Waals surface area contributed by atoms with Gasteiger partial charge in [0.25, 0.3) is 0 Å². The molecule has 0 spiro atoms. The molecule has 0 saturated heterocycles. The summed E-state index contributed by atoms with van der Waals surface area (Å²) in [5, 5.41) is 9.35. The van der Waals surface area contributed by atoms with Crippen molar-refractivity contribution >= 4 is 23.3 Å². The lowest BCUT2D eigenvalue weighted by molar-refractivity contribution is 0.107. The van der Waals surface area contributed by atoms with Crippen molar-refractivity contribution in [1.29, 1.82) is 0 Å². The monoisotopic (exact) mass is 190 g/mol. The molecule has 1 aromatic heterocycles. The van der Waals surface area contributed by atoms with Gasteiger partial charge < -0.3 is 5.11 Å². The molecule has 0 saturated carbocycles. The number of aromatic nitrogens is 2. The SMILES string of the molecule is CC(C)(O)CSc1ncns1. The summed E-state index contributed by atoms with van der Waals surface area (Å²) in [6, 6.07) is 0. The fourth-order valence-corrected chi connectivity index (χ4v) is 1.86. The minimum Gasteiger partial charge on any atom is -0.390 e. The third-order valence-corrected chi connectivity index (χ3v) is 3.13. The lowest BCUT2D eigenvalue weighted by Crippen LogP contribution is -2.21. The van der Waals surface area contributed by atoms with Crippen LogP contribution in [0.3, 0.4) is 0 Å². The van der Waals surface area contributed by atoms with Crippen LogP contribution in [0.1, 0.15) is 13.8 Å². The first-order valence-corrected chi connectivity index (χ1v) is 4.96. The van der Waals surface area contributed by atoms with Crippen molar-refractivity contribution in [3.05, 3.63) is 6.33 Å². The first-order valence-electron chi connectivity index (χ1n) is 3.20. The smallest absolute Gasteiger partial charge is 0.169 e. The van der Waals surface area contributed by atoms with Crippen molar-refractivity contribution in [1.82, 2.24) is 9.36 Å². The lowest BCUT2D eigenvalue weighted by atomic mass is 10.2. The molecule has 0 fully saturated rings. The van der Waals surface area contributed by atoms with Gasteiger partial charge in [-0.3, -0.25) is 0 Å². The van der Waals surface area contributed by atoms with E-state index in [-0.39, 0.29) is 0 Å². The van der Waals surface area contributed by atoms with E-state index in [1.165, 1.54) is 29.6 Å². The molecule has 0 radical (unpaired) electrons. The summed E-state index contributed by atoms with van der Waals surface area (Å²) in [6.45, 7) is 3.56. The summed E-state index contributed by atoms with van der Waals surface area (Å²) < 4.78 is 4.76. The highest BCUT2D eigenvalue weighted by atomic mass is 32.2. The molecule has 1 N–H and O–H groups in total. The first-order chi connectivity index (χ1) is 5.08. The number of aliphatic hydroxyl groups is 1. The van der Waals surface area contributed by atoms with Gasteiger partial charge in [0.1, 0.15) is 6.33 Å². The summed E-state index contributed by atoms with van der Waals surface area (Å²) in [4.78, 5) is 3.98. The summed E-state index contributed by atoms with van der Waals surface area (Å²) >= 11 is 2.88. The van der Waals surface area contributed by atoms with Crippen LogP contribution in [0, 0.1) is 0 Å². The first kappa shape index (κ1) is 8.96. The summed E-state index contributed by atoms with van der Waals surface area (Å²) in [6.07, 6.45) is 1.53. The molecule has 0 aliphatic rings. The molecule has 5 heteroatoms. The van der Waals surface area contributed by atoms with Gasteiger partial charge in [-0.05, 0) is 25.4 Å². The average Bonchev–Trinajstić information content (AvgIpc) is 2.32. The number of hydrogen-bond acceptors (Lipinski definition) is 5. The van der Waals surface area contributed by atoms with Gasteiger partial charge in [0.2, 0.25) is 0 Å². The van der Waals surface area contributed by atoms with Crippen LogP contribution in [0.4, 0.5) is 0 Å². The molecule has 0 aliphatic heterocycles. The quantitative estimate of drug-likeness (QED) is 0.732. The zero-order valence-corrected chi connectivity index (χ0v) is 8.08. The molecule has 0 aliphatic carbocycles. The van der Waals surface area contributed by atoms with Gasteiger partial charge in [-0.2, -0.15) is 4.37 Å². The predicted octanol–water partition coefficient (Wildman–Crippen LogP) is 1.40. The minimum atomic E-state index is -0.629. The number of hydrogen-bond donors (Lipinski definition) is 1. The van der Waals surface area contributed by atoms with Gasteiger partial charge in [-0.25, -0.2) is 4.98 Å². The summed E-state index contributed by atoms with van der Waals surface area (Å²) in [5.74, 6) is 0.655. The number of rotatable bonds is 3. The second-order valence-corrected chi connectivity index (χ2v) is 4.81. The van der Waals surface area contributed by atoms with Crippen LogP contribution in [0.5, 0.6) is 0 Å². The topological polar surface area (TPSA) is 46.0 Å². The van der Waals surface area contributed by atoms with E-state index in [4.69, 9.17) is 0 Å². The highest BCUT2D eigenvalue weighted by Crippen LogP contribution is 2.22. The summed E-state index contributed by atoms with van der Waals surface area (Å²) in [7, 11) is 0. The zero-order valence-electron chi connectivity index (χ0n) is 6.44. The molecule has 62 valence electrons. The van der Waals surface area contributed by atoms with E-state index in [0.717, 1.165) is 4.34 Å². The largest absolute Gasteiger partial charge is 0.390 e. The van der Waals surface area contributed by atoms with Crippen LogP contribution < -0.4 is 0 Å². The Morgan fingerprint density at radius 2 is 2.45 bits per heavy atom. The maximum atomic E-state index is 9.35. The van der Waals surface area contributed by atoms with Crippen molar-refractivity contribution in [2.24, 2.45) is 0 Å². The van der Waals surface area contributed by atoms with Crippen LogP contribution in [-0.4, -0.2) is 25.8 Å². The molecule has 0 aromatic carbocycles. The molecule has 0 unspecified atom stereocenters. The Hall–Kier alpha value is -0.130. The third kappa shape index (κ3) is 3.69. The Morgan fingerprint density at radius 3 is 2.91 bits per heavy atom. The number of nitrogens with zero attached hydrogens (tertiary/aromatic N) is 2. The van der Waals surface area contributed by atoms with E-state index in [1.807, 2.05) is 0 Å². The molecule has 1 rings (SSSR count). The maximum absolute atomic E-state index is 9.35. The Balaban J connectivity index is 2.35. The summed E-state index contributed by atoms with van der Waals surface area (Å²) in [5.41, 5.74) is -0.629. The van der Waals surface area contributed by atoms with Crippen LogP contribution in [0.15, 0.2) is 10.7 Å². The second-order valence-electron chi connectivity index (χ2n) is 2.81. The van der Waals surface area contributed by atoms with E-state index < -0.39 is 5.60 Å². The third-order valence-electron chi connectivity index (χ3n) is 0.890. The van der Waals surface area contributed by atoms with E-state index in [2.05, 4.69) is 9.36 Å². The van der Waals surface area contributed by atoms with E-state index in [0.29, 0.717) is 5.75 Å². The van der Waals surface area contributed by atoms with Gasteiger partial charge in [0, 0.05) is 5.75 Å². The van der Waals surface area contributed by atoms with E-state index >= 15 is 0 Å². The molecule has 0 atom stereocenters. The van der Waals surface area contributed by atoms with Crippen molar-refractivity contribution < 1.29 is 5.11 Å². The fourth-order valence-electron chi connectivity index (χ4n) is 0.465. The van der Waals surface area contributed by atoms with Crippen molar-refractivity contribution in [3.8, 4) is 0 Å². The van der Waals surface area contributed by atoms with Gasteiger partial charge in [-0.15, -0.1) is 0 Å². The molecule has 1 aromatic rings. The standard InChI is InChI=1S/C6H10N2OS2/c1-6(2,9)3-10-5-7-4-8-11-5/h4,9H,3H2,1-2H3. The van der Waals surface area contributed by atoms with E-state index in [1.54, 1.807) is 13.8 Å². The molecular formula is C6H10N2OS2. The van der Waals surface area contributed by atoms with Gasteiger partial charge in [0.05, 0.1) is 5.60 Å². The Kier molecular flexibility index (Phi) is 2.86. The van der Waals surface area contributed by atoms with Crippen molar-refractivity contribution in [2.45, 2.75) is 23.8 Å². The highest BCUT2D eigenvalue weighted by molar-refractivity contribution is 8.01. The van der Waals surface area contributed by atoms with Crippen LogP contribution >= 0.6 is 23.3 Å². The molecule has 1 heterocycles. The maximum Gasteiger partial charge on any atom is 0.169 e. The minimum absolute atomic E-state index is 0.629. The molecular weight excluding hydrogens is 180 g/mol. The normalized spacial score (nSPS) is 11.9. The van der Waals surface area contributed by atoms with Crippen LogP contribution in [-0.2, 0) is 0 Å². The Bertz CT molecular complexity index is 205. The van der Waals surface area contributed by atoms with Crippen molar-refractivity contribution in [3.63, 3.8) is 0 Å². The van der Waals surface area contributed by atoms with Gasteiger partial charge >= 0.3 is 0 Å². The fraction of sp³-hybridized carbons (Fsp3) is 0.667. The highest BCUT2D eigenvalue weighted by Gasteiger charge is 2.13. The molecule has 0 amide bonds. The van der Waals surface area contributed by atoms with Crippen LogP contribution in [0.25, 0.3) is 0 Å².